The number of amides is 1. The van der Waals surface area contributed by atoms with Crippen LogP contribution in [0.1, 0.15) is 15.9 Å². The van der Waals surface area contributed by atoms with Gasteiger partial charge in [-0.05, 0) is 29.8 Å². The first kappa shape index (κ1) is 16.1. The van der Waals surface area contributed by atoms with E-state index in [0.717, 1.165) is 22.2 Å². The zero-order chi connectivity index (χ0) is 15.6. The first-order valence-electron chi connectivity index (χ1n) is 6.03. The van der Waals surface area contributed by atoms with Gasteiger partial charge in [0.15, 0.2) is 0 Å². The largest absolute Gasteiger partial charge is 0.337 e. The highest BCUT2D eigenvalue weighted by Gasteiger charge is 2.21. The lowest BCUT2D eigenvalue weighted by molar-refractivity contribution is 0.0775. The predicted molar refractivity (Wildman–Crippen MR) is 84.0 cm³/mol. The number of halogens is 4. The molecule has 0 saturated carbocycles. The summed E-state index contributed by atoms with van der Waals surface area (Å²) in [6.45, 7) is 0.257. The van der Waals surface area contributed by atoms with E-state index in [2.05, 4.69) is 31.9 Å². The fraction of sp³-hybridized carbons (Fsp3) is 0.133. The van der Waals surface area contributed by atoms with Gasteiger partial charge in [0, 0.05) is 22.5 Å². The molecule has 0 aliphatic heterocycles. The molecule has 0 bridgehead atoms. The van der Waals surface area contributed by atoms with Crippen LogP contribution in [-0.2, 0) is 6.54 Å². The highest BCUT2D eigenvalue weighted by atomic mass is 79.9. The van der Waals surface area contributed by atoms with Crippen LogP contribution in [0, 0.1) is 11.6 Å². The standard InChI is InChI=1S/C15H11Br2F2NO/c1-20(8-9-3-2-4-10(16)5-9)15(21)14-12(18)6-11(17)7-13(14)19/h2-7H,8H2,1H3. The molecule has 0 heterocycles. The average Bonchev–Trinajstić information content (AvgIpc) is 2.37. The Labute approximate surface area is 138 Å². The zero-order valence-electron chi connectivity index (χ0n) is 11.0. The van der Waals surface area contributed by atoms with Gasteiger partial charge in [-0.15, -0.1) is 0 Å². The summed E-state index contributed by atoms with van der Waals surface area (Å²) in [6, 6.07) is 9.52. The Morgan fingerprint density at radius 3 is 2.29 bits per heavy atom. The molecule has 2 rings (SSSR count). The van der Waals surface area contributed by atoms with Crippen molar-refractivity contribution >= 4 is 37.8 Å². The second kappa shape index (κ2) is 6.66. The fourth-order valence-corrected chi connectivity index (χ4v) is 2.77. The van der Waals surface area contributed by atoms with E-state index in [9.17, 15) is 13.6 Å². The van der Waals surface area contributed by atoms with E-state index in [1.54, 1.807) is 0 Å². The number of benzene rings is 2. The summed E-state index contributed by atoms with van der Waals surface area (Å²) in [5.74, 6) is -2.46. The minimum absolute atomic E-state index is 0.253. The Bertz CT molecular complexity index is 668. The molecule has 0 aliphatic carbocycles. The summed E-state index contributed by atoms with van der Waals surface area (Å²) < 4.78 is 28.7. The van der Waals surface area contributed by atoms with Crippen molar-refractivity contribution in [1.82, 2.24) is 4.90 Å². The number of carbonyl (C=O) groups is 1. The molecule has 21 heavy (non-hydrogen) atoms. The first-order chi connectivity index (χ1) is 9.88. The van der Waals surface area contributed by atoms with Gasteiger partial charge >= 0.3 is 0 Å². The molecule has 1 amide bonds. The van der Waals surface area contributed by atoms with Gasteiger partial charge in [0.05, 0.1) is 0 Å². The van der Waals surface area contributed by atoms with Crippen LogP contribution in [0.3, 0.4) is 0 Å². The van der Waals surface area contributed by atoms with Crippen LogP contribution in [-0.4, -0.2) is 17.9 Å². The molecule has 0 spiro atoms. The molecule has 0 radical (unpaired) electrons. The molecule has 0 saturated heterocycles. The van der Waals surface area contributed by atoms with E-state index in [1.165, 1.54) is 11.9 Å². The second-order valence-electron chi connectivity index (χ2n) is 4.54. The SMILES string of the molecule is CN(Cc1cccc(Br)c1)C(=O)c1c(F)cc(Br)cc1F. The number of carbonyl (C=O) groups excluding carboxylic acids is 1. The molecule has 0 aliphatic rings. The quantitative estimate of drug-likeness (QED) is 0.703. The normalized spacial score (nSPS) is 10.5. The lowest BCUT2D eigenvalue weighted by Gasteiger charge is -2.18. The Hall–Kier alpha value is -1.27. The lowest BCUT2D eigenvalue weighted by Crippen LogP contribution is -2.28. The number of hydrogen-bond acceptors (Lipinski definition) is 1. The maximum atomic E-state index is 13.8. The maximum Gasteiger partial charge on any atom is 0.259 e. The van der Waals surface area contributed by atoms with E-state index >= 15 is 0 Å². The molecule has 0 fully saturated rings. The van der Waals surface area contributed by atoms with Gasteiger partial charge in [0.2, 0.25) is 0 Å². The van der Waals surface area contributed by atoms with E-state index in [4.69, 9.17) is 0 Å². The van der Waals surface area contributed by atoms with Crippen LogP contribution in [0.2, 0.25) is 0 Å². The molecule has 110 valence electrons. The number of hydrogen-bond donors (Lipinski definition) is 0. The molecule has 0 aromatic heterocycles. The molecule has 2 aromatic carbocycles. The van der Waals surface area contributed by atoms with Gasteiger partial charge in [-0.25, -0.2) is 8.78 Å². The van der Waals surface area contributed by atoms with Crippen LogP contribution < -0.4 is 0 Å². The van der Waals surface area contributed by atoms with Crippen LogP contribution in [0.5, 0.6) is 0 Å². The average molecular weight is 419 g/mol. The molecule has 2 nitrogen and oxygen atoms in total. The summed E-state index contributed by atoms with van der Waals surface area (Å²) in [7, 11) is 1.50. The Morgan fingerprint density at radius 1 is 1.10 bits per heavy atom. The van der Waals surface area contributed by atoms with E-state index in [-0.39, 0.29) is 11.0 Å². The first-order valence-corrected chi connectivity index (χ1v) is 7.61. The van der Waals surface area contributed by atoms with Crippen molar-refractivity contribution in [2.75, 3.05) is 7.05 Å². The highest BCUT2D eigenvalue weighted by molar-refractivity contribution is 9.10. The third kappa shape index (κ3) is 3.89. The van der Waals surface area contributed by atoms with Crippen molar-refractivity contribution in [3.63, 3.8) is 0 Å². The van der Waals surface area contributed by atoms with Crippen LogP contribution in [0.4, 0.5) is 8.78 Å². The molecule has 6 heteroatoms. The summed E-state index contributed by atoms with van der Waals surface area (Å²) in [4.78, 5) is 13.5. The summed E-state index contributed by atoms with van der Waals surface area (Å²) >= 11 is 6.32. The van der Waals surface area contributed by atoms with Crippen LogP contribution in [0.25, 0.3) is 0 Å². The van der Waals surface area contributed by atoms with E-state index in [1.807, 2.05) is 24.3 Å². The summed E-state index contributed by atoms with van der Waals surface area (Å²) in [5, 5.41) is 0. The van der Waals surface area contributed by atoms with Crippen LogP contribution >= 0.6 is 31.9 Å². The van der Waals surface area contributed by atoms with E-state index in [0.29, 0.717) is 0 Å². The Balaban J connectivity index is 2.24. The Kier molecular flexibility index (Phi) is 5.11. The molecule has 2 aromatic rings. The van der Waals surface area contributed by atoms with Gasteiger partial charge in [0.1, 0.15) is 17.2 Å². The van der Waals surface area contributed by atoms with Gasteiger partial charge in [0.25, 0.3) is 5.91 Å². The summed E-state index contributed by atoms with van der Waals surface area (Å²) in [6.07, 6.45) is 0. The fourth-order valence-electron chi connectivity index (χ4n) is 1.92. The minimum Gasteiger partial charge on any atom is -0.337 e. The van der Waals surface area contributed by atoms with Crippen molar-refractivity contribution in [1.29, 1.82) is 0 Å². The topological polar surface area (TPSA) is 20.3 Å². The van der Waals surface area contributed by atoms with Crippen molar-refractivity contribution in [3.8, 4) is 0 Å². The molecule has 0 N–H and O–H groups in total. The van der Waals surface area contributed by atoms with Crippen molar-refractivity contribution in [2.45, 2.75) is 6.54 Å². The summed E-state index contributed by atoms with van der Waals surface area (Å²) in [5.41, 5.74) is 0.314. The van der Waals surface area contributed by atoms with Gasteiger partial charge < -0.3 is 4.90 Å². The maximum absolute atomic E-state index is 13.8. The third-order valence-electron chi connectivity index (χ3n) is 2.88. The smallest absolute Gasteiger partial charge is 0.259 e. The molecule has 0 atom stereocenters. The number of rotatable bonds is 3. The second-order valence-corrected chi connectivity index (χ2v) is 6.37. The van der Waals surface area contributed by atoms with Crippen LogP contribution in [0.15, 0.2) is 45.3 Å². The lowest BCUT2D eigenvalue weighted by atomic mass is 10.1. The molecule has 0 unspecified atom stereocenters. The van der Waals surface area contributed by atoms with Gasteiger partial charge in [-0.3, -0.25) is 4.79 Å². The predicted octanol–water partition coefficient (Wildman–Crippen LogP) is 4.76. The minimum atomic E-state index is -0.882. The highest BCUT2D eigenvalue weighted by Crippen LogP contribution is 2.21. The molecular formula is C15H11Br2F2NO. The van der Waals surface area contributed by atoms with Gasteiger partial charge in [-0.1, -0.05) is 44.0 Å². The monoisotopic (exact) mass is 417 g/mol. The third-order valence-corrected chi connectivity index (χ3v) is 3.83. The van der Waals surface area contributed by atoms with Crippen molar-refractivity contribution in [3.05, 3.63) is 68.1 Å². The van der Waals surface area contributed by atoms with Gasteiger partial charge in [-0.2, -0.15) is 0 Å². The Morgan fingerprint density at radius 2 is 1.71 bits per heavy atom. The zero-order valence-corrected chi connectivity index (χ0v) is 14.2. The van der Waals surface area contributed by atoms with Crippen molar-refractivity contribution in [2.24, 2.45) is 0 Å². The molecular weight excluding hydrogens is 408 g/mol. The van der Waals surface area contributed by atoms with Crippen molar-refractivity contribution < 1.29 is 13.6 Å². The van der Waals surface area contributed by atoms with E-state index < -0.39 is 23.1 Å². The number of nitrogens with zero attached hydrogens (tertiary/aromatic N) is 1.